The van der Waals surface area contributed by atoms with Crippen LogP contribution in [0.25, 0.3) is 0 Å². The normalized spacial score (nSPS) is 13.9. The number of nitrogens with zero attached hydrogens (tertiary/aromatic N) is 2. The standard InChI is InChI=1S/C15H16N2OS/c1-10(2)14-13(9-18)19-15(16-14)17-7-11-5-3-4-6-12(11)8-17/h3-6,9-10H,7-8H2,1-2H3. The van der Waals surface area contributed by atoms with Crippen LogP contribution < -0.4 is 4.90 Å². The van der Waals surface area contributed by atoms with E-state index in [0.717, 1.165) is 35.1 Å². The maximum Gasteiger partial charge on any atom is 0.186 e. The van der Waals surface area contributed by atoms with E-state index in [-0.39, 0.29) is 5.92 Å². The van der Waals surface area contributed by atoms with Crippen LogP contribution in [0.2, 0.25) is 0 Å². The lowest BCUT2D eigenvalue weighted by molar-refractivity contribution is 0.112. The topological polar surface area (TPSA) is 33.2 Å². The van der Waals surface area contributed by atoms with E-state index in [1.165, 1.54) is 22.5 Å². The summed E-state index contributed by atoms with van der Waals surface area (Å²) in [5, 5.41) is 0.960. The third-order valence-corrected chi connectivity index (χ3v) is 4.49. The van der Waals surface area contributed by atoms with Crippen LogP contribution in [0.3, 0.4) is 0 Å². The molecule has 0 N–H and O–H groups in total. The Morgan fingerprint density at radius 3 is 2.37 bits per heavy atom. The van der Waals surface area contributed by atoms with Crippen molar-refractivity contribution in [3.63, 3.8) is 0 Å². The highest BCUT2D eigenvalue weighted by Gasteiger charge is 2.23. The molecule has 0 saturated carbocycles. The van der Waals surface area contributed by atoms with Gasteiger partial charge in [-0.2, -0.15) is 0 Å². The summed E-state index contributed by atoms with van der Waals surface area (Å²) in [6, 6.07) is 8.46. The lowest BCUT2D eigenvalue weighted by Gasteiger charge is -2.13. The van der Waals surface area contributed by atoms with Gasteiger partial charge in [0.05, 0.1) is 10.6 Å². The molecular formula is C15H16N2OS. The van der Waals surface area contributed by atoms with Crippen LogP contribution in [-0.2, 0) is 13.1 Å². The number of hydrogen-bond acceptors (Lipinski definition) is 4. The number of anilines is 1. The Morgan fingerprint density at radius 1 is 1.26 bits per heavy atom. The molecule has 98 valence electrons. The Kier molecular flexibility index (Phi) is 3.11. The molecule has 1 aromatic carbocycles. The van der Waals surface area contributed by atoms with Crippen molar-refractivity contribution in [1.82, 2.24) is 4.98 Å². The molecule has 0 bridgehead atoms. The first-order chi connectivity index (χ1) is 9.19. The number of carbonyl (C=O) groups excluding carboxylic acids is 1. The molecule has 1 aliphatic heterocycles. The summed E-state index contributed by atoms with van der Waals surface area (Å²) in [7, 11) is 0. The number of carbonyl (C=O) groups is 1. The lowest BCUT2D eigenvalue weighted by Crippen LogP contribution is -2.14. The molecule has 1 aliphatic rings. The molecule has 3 nitrogen and oxygen atoms in total. The summed E-state index contributed by atoms with van der Waals surface area (Å²) in [5.74, 6) is 0.287. The van der Waals surface area contributed by atoms with Crippen LogP contribution in [0.5, 0.6) is 0 Å². The smallest absolute Gasteiger partial charge is 0.186 e. The Morgan fingerprint density at radius 2 is 1.89 bits per heavy atom. The summed E-state index contributed by atoms with van der Waals surface area (Å²) in [4.78, 5) is 18.8. The van der Waals surface area contributed by atoms with Gasteiger partial charge in [0.15, 0.2) is 11.4 Å². The first kappa shape index (κ1) is 12.4. The zero-order valence-electron chi connectivity index (χ0n) is 11.1. The first-order valence-electron chi connectivity index (χ1n) is 6.46. The third kappa shape index (κ3) is 2.16. The van der Waals surface area contributed by atoms with Gasteiger partial charge in [0.1, 0.15) is 0 Å². The molecule has 2 aromatic rings. The van der Waals surface area contributed by atoms with Crippen molar-refractivity contribution in [1.29, 1.82) is 0 Å². The van der Waals surface area contributed by atoms with Gasteiger partial charge in [-0.1, -0.05) is 49.4 Å². The number of benzene rings is 1. The highest BCUT2D eigenvalue weighted by Crippen LogP contribution is 2.34. The van der Waals surface area contributed by atoms with Crippen molar-refractivity contribution < 1.29 is 4.79 Å². The average molecular weight is 272 g/mol. The fourth-order valence-corrected chi connectivity index (χ4v) is 3.47. The van der Waals surface area contributed by atoms with Gasteiger partial charge in [0.25, 0.3) is 0 Å². The van der Waals surface area contributed by atoms with E-state index in [0.29, 0.717) is 0 Å². The van der Waals surface area contributed by atoms with E-state index in [2.05, 4.69) is 48.0 Å². The molecule has 0 amide bonds. The van der Waals surface area contributed by atoms with E-state index in [1.54, 1.807) is 0 Å². The molecule has 19 heavy (non-hydrogen) atoms. The predicted octanol–water partition coefficient (Wildman–Crippen LogP) is 3.60. The van der Waals surface area contributed by atoms with Crippen LogP contribution in [0.1, 0.15) is 46.3 Å². The summed E-state index contributed by atoms with van der Waals surface area (Å²) in [6.07, 6.45) is 0.930. The highest BCUT2D eigenvalue weighted by atomic mass is 32.1. The molecule has 1 aromatic heterocycles. The fraction of sp³-hybridized carbons (Fsp3) is 0.333. The first-order valence-corrected chi connectivity index (χ1v) is 7.28. The van der Waals surface area contributed by atoms with Gasteiger partial charge >= 0.3 is 0 Å². The molecule has 0 radical (unpaired) electrons. The Bertz CT molecular complexity index is 593. The summed E-state index contributed by atoms with van der Waals surface area (Å²) < 4.78 is 0. The van der Waals surface area contributed by atoms with E-state index in [4.69, 9.17) is 0 Å². The Hall–Kier alpha value is -1.68. The van der Waals surface area contributed by atoms with Crippen LogP contribution in [-0.4, -0.2) is 11.3 Å². The fourth-order valence-electron chi connectivity index (χ4n) is 2.43. The van der Waals surface area contributed by atoms with Gasteiger partial charge in [-0.05, 0) is 17.0 Å². The van der Waals surface area contributed by atoms with Gasteiger partial charge in [-0.3, -0.25) is 4.79 Å². The summed E-state index contributed by atoms with van der Waals surface area (Å²) in [5.41, 5.74) is 3.64. The Labute approximate surface area is 116 Å². The highest BCUT2D eigenvalue weighted by molar-refractivity contribution is 7.17. The molecule has 2 heterocycles. The second-order valence-electron chi connectivity index (χ2n) is 5.14. The summed E-state index contributed by atoms with van der Waals surface area (Å²) >= 11 is 1.50. The van der Waals surface area contributed by atoms with Gasteiger partial charge in [-0.25, -0.2) is 4.98 Å². The zero-order chi connectivity index (χ0) is 13.4. The molecule has 0 aliphatic carbocycles. The molecule has 0 unspecified atom stereocenters. The van der Waals surface area contributed by atoms with Gasteiger partial charge in [0.2, 0.25) is 0 Å². The monoisotopic (exact) mass is 272 g/mol. The van der Waals surface area contributed by atoms with Crippen LogP contribution in [0.4, 0.5) is 5.13 Å². The molecular weight excluding hydrogens is 256 g/mol. The number of aromatic nitrogens is 1. The van der Waals surface area contributed by atoms with Crippen LogP contribution in [0, 0.1) is 0 Å². The molecule has 0 fully saturated rings. The average Bonchev–Trinajstić information content (AvgIpc) is 3.02. The SMILES string of the molecule is CC(C)c1nc(N2Cc3ccccc3C2)sc1C=O. The lowest BCUT2D eigenvalue weighted by atomic mass is 10.1. The molecule has 0 spiro atoms. The van der Waals surface area contributed by atoms with E-state index >= 15 is 0 Å². The minimum Gasteiger partial charge on any atom is -0.339 e. The number of fused-ring (bicyclic) bond motifs is 1. The molecule has 4 heteroatoms. The molecule has 0 atom stereocenters. The number of hydrogen-bond donors (Lipinski definition) is 0. The minimum atomic E-state index is 0.287. The quantitative estimate of drug-likeness (QED) is 0.800. The number of rotatable bonds is 3. The number of aldehydes is 1. The second-order valence-corrected chi connectivity index (χ2v) is 6.15. The van der Waals surface area contributed by atoms with Crippen molar-refractivity contribution >= 4 is 22.8 Å². The largest absolute Gasteiger partial charge is 0.339 e. The van der Waals surface area contributed by atoms with E-state index in [1.807, 2.05) is 0 Å². The zero-order valence-corrected chi connectivity index (χ0v) is 11.9. The van der Waals surface area contributed by atoms with Crippen molar-refractivity contribution in [2.45, 2.75) is 32.9 Å². The summed E-state index contributed by atoms with van der Waals surface area (Å²) in [6.45, 7) is 5.92. The van der Waals surface area contributed by atoms with Crippen molar-refractivity contribution in [2.75, 3.05) is 4.90 Å². The Balaban J connectivity index is 1.91. The van der Waals surface area contributed by atoms with Crippen molar-refractivity contribution in [3.05, 3.63) is 46.0 Å². The second kappa shape index (κ2) is 4.78. The van der Waals surface area contributed by atoms with Crippen molar-refractivity contribution in [2.24, 2.45) is 0 Å². The van der Waals surface area contributed by atoms with Gasteiger partial charge in [0, 0.05) is 13.1 Å². The van der Waals surface area contributed by atoms with Crippen LogP contribution in [0.15, 0.2) is 24.3 Å². The van der Waals surface area contributed by atoms with E-state index in [9.17, 15) is 4.79 Å². The maximum absolute atomic E-state index is 11.1. The van der Waals surface area contributed by atoms with Gasteiger partial charge in [-0.15, -0.1) is 0 Å². The molecule has 3 rings (SSSR count). The number of thiazole rings is 1. The predicted molar refractivity (Wildman–Crippen MR) is 77.9 cm³/mol. The molecule has 0 saturated heterocycles. The maximum atomic E-state index is 11.1. The van der Waals surface area contributed by atoms with E-state index < -0.39 is 0 Å². The van der Waals surface area contributed by atoms with Gasteiger partial charge < -0.3 is 4.90 Å². The van der Waals surface area contributed by atoms with Crippen LogP contribution >= 0.6 is 11.3 Å². The van der Waals surface area contributed by atoms with Crippen molar-refractivity contribution in [3.8, 4) is 0 Å². The third-order valence-electron chi connectivity index (χ3n) is 3.44. The minimum absolute atomic E-state index is 0.287.